The monoisotopic (exact) mass is 307 g/mol. The number of carbonyl (C=O) groups is 2. The number of methoxy groups -OCH3 is 2. The minimum Gasteiger partial charge on any atom is -0.493 e. The predicted octanol–water partition coefficient (Wildman–Crippen LogP) is 1.99. The van der Waals surface area contributed by atoms with Crippen LogP contribution in [0.5, 0.6) is 11.5 Å². The van der Waals surface area contributed by atoms with E-state index in [-0.39, 0.29) is 18.2 Å². The van der Waals surface area contributed by atoms with Gasteiger partial charge in [0.1, 0.15) is 0 Å². The van der Waals surface area contributed by atoms with E-state index in [1.54, 1.807) is 18.2 Å². The third kappa shape index (κ3) is 3.69. The average molecular weight is 307 g/mol. The molecule has 1 aliphatic rings. The van der Waals surface area contributed by atoms with Crippen molar-refractivity contribution in [1.29, 1.82) is 0 Å². The molecule has 0 radical (unpaired) electrons. The third-order valence-corrected chi connectivity index (χ3v) is 3.95. The van der Waals surface area contributed by atoms with Crippen molar-refractivity contribution in [3.05, 3.63) is 23.8 Å². The maximum absolute atomic E-state index is 12.1. The number of aliphatic carboxylic acids is 1. The normalized spacial score (nSPS) is 20.9. The molecule has 1 aromatic rings. The minimum atomic E-state index is -0.969. The lowest BCUT2D eigenvalue weighted by Crippen LogP contribution is -2.31. The number of rotatable bonds is 7. The average Bonchev–Trinajstić information content (AvgIpc) is 3.22. The topological polar surface area (TPSA) is 84.9 Å². The van der Waals surface area contributed by atoms with E-state index < -0.39 is 12.0 Å². The Bertz CT molecular complexity index is 572. The molecule has 0 aliphatic heterocycles. The first-order valence-electron chi connectivity index (χ1n) is 7.20. The van der Waals surface area contributed by atoms with Crippen LogP contribution in [0.3, 0.4) is 0 Å². The van der Waals surface area contributed by atoms with Gasteiger partial charge in [0.2, 0.25) is 5.91 Å². The maximum atomic E-state index is 12.1. The number of nitrogens with one attached hydrogen (secondary N) is 1. The first-order valence-corrected chi connectivity index (χ1v) is 7.20. The molecule has 0 bridgehead atoms. The summed E-state index contributed by atoms with van der Waals surface area (Å²) < 4.78 is 10.4. The second kappa shape index (κ2) is 6.68. The number of carbonyl (C=O) groups excluding carboxylic acids is 1. The van der Waals surface area contributed by atoms with E-state index in [4.69, 9.17) is 14.6 Å². The Morgan fingerprint density at radius 1 is 1.32 bits per heavy atom. The molecule has 22 heavy (non-hydrogen) atoms. The zero-order valence-electron chi connectivity index (χ0n) is 13.0. The first kappa shape index (κ1) is 16.1. The summed E-state index contributed by atoms with van der Waals surface area (Å²) in [6.07, 6.45) is 0.680. The van der Waals surface area contributed by atoms with Gasteiger partial charge in [-0.25, -0.2) is 0 Å². The van der Waals surface area contributed by atoms with Crippen molar-refractivity contribution in [3.8, 4) is 11.5 Å². The summed E-state index contributed by atoms with van der Waals surface area (Å²) >= 11 is 0. The summed E-state index contributed by atoms with van der Waals surface area (Å²) in [6, 6.07) is 4.56. The molecule has 0 unspecified atom stereocenters. The van der Waals surface area contributed by atoms with Crippen molar-refractivity contribution in [2.45, 2.75) is 25.8 Å². The van der Waals surface area contributed by atoms with Crippen LogP contribution in [0.25, 0.3) is 0 Å². The van der Waals surface area contributed by atoms with Gasteiger partial charge in [-0.2, -0.15) is 0 Å². The lowest BCUT2D eigenvalue weighted by molar-refractivity contribution is -0.137. The number of benzene rings is 1. The fraction of sp³-hybridized carbons (Fsp3) is 0.500. The zero-order valence-corrected chi connectivity index (χ0v) is 13.0. The van der Waals surface area contributed by atoms with Crippen LogP contribution in [0.4, 0.5) is 0 Å². The van der Waals surface area contributed by atoms with Gasteiger partial charge in [-0.3, -0.25) is 9.59 Å². The molecule has 1 aromatic carbocycles. The Labute approximate surface area is 129 Å². The summed E-state index contributed by atoms with van der Waals surface area (Å²) in [7, 11) is 3.04. The molecule has 0 aromatic heterocycles. The second-order valence-electron chi connectivity index (χ2n) is 5.59. The van der Waals surface area contributed by atoms with Crippen LogP contribution in [0, 0.1) is 11.8 Å². The van der Waals surface area contributed by atoms with Gasteiger partial charge in [-0.15, -0.1) is 0 Å². The Hall–Kier alpha value is -2.24. The van der Waals surface area contributed by atoms with Crippen LogP contribution in [-0.4, -0.2) is 31.2 Å². The van der Waals surface area contributed by atoms with Crippen molar-refractivity contribution in [1.82, 2.24) is 5.32 Å². The van der Waals surface area contributed by atoms with Crippen LogP contribution < -0.4 is 14.8 Å². The molecule has 0 heterocycles. The van der Waals surface area contributed by atoms with E-state index in [1.807, 2.05) is 6.92 Å². The quantitative estimate of drug-likeness (QED) is 0.804. The molecule has 6 nitrogen and oxygen atoms in total. The standard InChI is InChI=1S/C16H21NO5/c1-9-6-11(9)16(20)17-12(8-15(18)19)10-4-5-13(21-2)14(7-10)22-3/h4-5,7,9,11-12H,6,8H2,1-3H3,(H,17,20)(H,18,19)/t9-,11-,12-/m0/s1. The van der Waals surface area contributed by atoms with Gasteiger partial charge in [0.05, 0.1) is 26.7 Å². The Kier molecular flexibility index (Phi) is 4.90. The highest BCUT2D eigenvalue weighted by Gasteiger charge is 2.40. The fourth-order valence-corrected chi connectivity index (χ4v) is 2.46. The number of amides is 1. The van der Waals surface area contributed by atoms with Crippen molar-refractivity contribution in [3.63, 3.8) is 0 Å². The Morgan fingerprint density at radius 2 is 1.95 bits per heavy atom. The first-order chi connectivity index (χ1) is 10.5. The highest BCUT2D eigenvalue weighted by Crippen LogP contribution is 2.38. The van der Waals surface area contributed by atoms with Gasteiger partial charge < -0.3 is 19.9 Å². The fourth-order valence-electron chi connectivity index (χ4n) is 2.46. The van der Waals surface area contributed by atoms with Crippen LogP contribution in [0.2, 0.25) is 0 Å². The van der Waals surface area contributed by atoms with E-state index in [1.165, 1.54) is 14.2 Å². The largest absolute Gasteiger partial charge is 0.493 e. The SMILES string of the molecule is COc1ccc([C@H](CC(=O)O)NC(=O)[C@H]2C[C@@H]2C)cc1OC. The van der Waals surface area contributed by atoms with E-state index in [2.05, 4.69) is 5.32 Å². The highest BCUT2D eigenvalue weighted by atomic mass is 16.5. The summed E-state index contributed by atoms with van der Waals surface area (Å²) in [6.45, 7) is 2.01. The van der Waals surface area contributed by atoms with Crippen LogP contribution in [-0.2, 0) is 9.59 Å². The van der Waals surface area contributed by atoms with Crippen LogP contribution >= 0.6 is 0 Å². The Morgan fingerprint density at radius 3 is 2.45 bits per heavy atom. The Balaban J connectivity index is 2.20. The zero-order chi connectivity index (χ0) is 16.3. The number of hydrogen-bond acceptors (Lipinski definition) is 4. The summed E-state index contributed by atoms with van der Waals surface area (Å²) in [5, 5.41) is 11.9. The minimum absolute atomic E-state index is 0.00330. The van der Waals surface area contributed by atoms with Crippen molar-refractivity contribution < 1.29 is 24.2 Å². The molecule has 6 heteroatoms. The van der Waals surface area contributed by atoms with Gasteiger partial charge in [0.15, 0.2) is 11.5 Å². The molecular formula is C16H21NO5. The molecule has 2 N–H and O–H groups in total. The molecular weight excluding hydrogens is 286 g/mol. The van der Waals surface area contributed by atoms with Crippen LogP contribution in [0.15, 0.2) is 18.2 Å². The smallest absolute Gasteiger partial charge is 0.305 e. The summed E-state index contributed by atoms with van der Waals surface area (Å²) in [5.41, 5.74) is 0.682. The van der Waals surface area contributed by atoms with Crippen molar-refractivity contribution >= 4 is 11.9 Å². The molecule has 120 valence electrons. The predicted molar refractivity (Wildman–Crippen MR) is 80.0 cm³/mol. The summed E-state index contributed by atoms with van der Waals surface area (Å²) in [5.74, 6) is 0.372. The second-order valence-corrected chi connectivity index (χ2v) is 5.59. The van der Waals surface area contributed by atoms with Crippen molar-refractivity contribution in [2.24, 2.45) is 11.8 Å². The van der Waals surface area contributed by atoms with Gasteiger partial charge in [0.25, 0.3) is 0 Å². The van der Waals surface area contributed by atoms with Crippen molar-refractivity contribution in [2.75, 3.05) is 14.2 Å². The van der Waals surface area contributed by atoms with Gasteiger partial charge >= 0.3 is 5.97 Å². The highest BCUT2D eigenvalue weighted by molar-refractivity contribution is 5.82. The maximum Gasteiger partial charge on any atom is 0.305 e. The lowest BCUT2D eigenvalue weighted by atomic mass is 10.0. The molecule has 1 aliphatic carbocycles. The molecule has 0 spiro atoms. The van der Waals surface area contributed by atoms with Gasteiger partial charge in [0, 0.05) is 5.92 Å². The number of ether oxygens (including phenoxy) is 2. The molecule has 1 amide bonds. The van der Waals surface area contributed by atoms with Gasteiger partial charge in [-0.1, -0.05) is 13.0 Å². The van der Waals surface area contributed by atoms with E-state index in [9.17, 15) is 9.59 Å². The van der Waals surface area contributed by atoms with E-state index in [0.29, 0.717) is 23.0 Å². The third-order valence-electron chi connectivity index (χ3n) is 3.95. The number of carboxylic acids is 1. The van der Waals surface area contributed by atoms with Gasteiger partial charge in [-0.05, 0) is 30.0 Å². The summed E-state index contributed by atoms with van der Waals surface area (Å²) in [4.78, 5) is 23.2. The lowest BCUT2D eigenvalue weighted by Gasteiger charge is -2.19. The number of hydrogen-bond donors (Lipinski definition) is 2. The molecule has 1 saturated carbocycles. The molecule has 0 saturated heterocycles. The van der Waals surface area contributed by atoms with E-state index in [0.717, 1.165) is 6.42 Å². The molecule has 1 fully saturated rings. The number of carboxylic acid groups (broad SMARTS) is 1. The van der Waals surface area contributed by atoms with Crippen LogP contribution in [0.1, 0.15) is 31.4 Å². The molecule has 3 atom stereocenters. The molecule has 2 rings (SSSR count). The van der Waals surface area contributed by atoms with E-state index >= 15 is 0 Å².